The number of anilines is 1. The Bertz CT molecular complexity index is 2190. The van der Waals surface area contributed by atoms with Gasteiger partial charge in [0.2, 0.25) is 10.0 Å². The van der Waals surface area contributed by atoms with Gasteiger partial charge >= 0.3 is 12.6 Å². The average molecular weight is 824 g/mol. The van der Waals surface area contributed by atoms with Crippen LogP contribution in [0, 0.1) is 5.92 Å². The van der Waals surface area contributed by atoms with Crippen LogP contribution in [0.2, 0.25) is 10.0 Å². The summed E-state index contributed by atoms with van der Waals surface area (Å²) in [7, 11) is -2.45. The van der Waals surface area contributed by atoms with Crippen LogP contribution in [0.4, 0.5) is 14.5 Å². The molecule has 0 radical (unpaired) electrons. The zero-order valence-electron chi connectivity index (χ0n) is 29.2. The number of ether oxygens (including phenoxy) is 4. The van der Waals surface area contributed by atoms with Crippen LogP contribution in [-0.4, -0.2) is 74.7 Å². The molecule has 3 heterocycles. The first-order valence-corrected chi connectivity index (χ1v) is 19.0. The second kappa shape index (κ2) is 17.1. The molecule has 0 spiro atoms. The molecule has 2 aromatic carbocycles. The summed E-state index contributed by atoms with van der Waals surface area (Å²) in [6.07, 6.45) is 6.00. The molecule has 55 heavy (non-hydrogen) atoms. The van der Waals surface area contributed by atoms with Crippen molar-refractivity contribution < 1.29 is 61.0 Å². The molecule has 0 unspecified atom stereocenters. The number of nitrogens with one attached hydrogen (secondary N) is 1. The minimum atomic E-state index is -3.91. The monoisotopic (exact) mass is 822 g/mol. The second-order valence-electron chi connectivity index (χ2n) is 12.5. The van der Waals surface area contributed by atoms with Gasteiger partial charge in [0.25, 0.3) is 11.8 Å². The van der Waals surface area contributed by atoms with Crippen LogP contribution in [0.3, 0.4) is 0 Å². The number of carbonyl (C=O) groups is 3. The van der Waals surface area contributed by atoms with Gasteiger partial charge in [-0.15, -0.1) is 0 Å². The van der Waals surface area contributed by atoms with E-state index >= 15 is 0 Å². The minimum absolute atomic E-state index is 0. The van der Waals surface area contributed by atoms with Gasteiger partial charge in [0.05, 0.1) is 49.0 Å². The number of H-pyrrole nitrogens is 1. The van der Waals surface area contributed by atoms with Crippen LogP contribution in [-0.2, 0) is 32.5 Å². The van der Waals surface area contributed by atoms with Gasteiger partial charge in [0.1, 0.15) is 28.4 Å². The summed E-state index contributed by atoms with van der Waals surface area (Å²) in [6.45, 7) is -3.88. The van der Waals surface area contributed by atoms with Crippen molar-refractivity contribution in [1.82, 2.24) is 9.88 Å². The summed E-state index contributed by atoms with van der Waals surface area (Å²) < 4.78 is 74.7. The summed E-state index contributed by atoms with van der Waals surface area (Å²) >= 11 is 12.8. The lowest BCUT2D eigenvalue weighted by molar-refractivity contribution is -0.377. The van der Waals surface area contributed by atoms with Gasteiger partial charge in [0, 0.05) is 24.2 Å². The van der Waals surface area contributed by atoms with E-state index in [1.165, 1.54) is 62.1 Å². The second-order valence-corrected chi connectivity index (χ2v) is 15.3. The molecule has 1 aliphatic carbocycles. The number of benzene rings is 2. The Kier molecular flexibility index (Phi) is 12.8. The van der Waals surface area contributed by atoms with Crippen molar-refractivity contribution in [2.24, 2.45) is 5.92 Å². The zero-order valence-corrected chi connectivity index (χ0v) is 31.5. The molecule has 19 heteroatoms. The summed E-state index contributed by atoms with van der Waals surface area (Å²) in [5, 5.41) is 0.431. The summed E-state index contributed by atoms with van der Waals surface area (Å²) in [5.41, 5.74) is 0.952. The summed E-state index contributed by atoms with van der Waals surface area (Å²) in [5.74, 6) is -2.14. The van der Waals surface area contributed by atoms with E-state index in [4.69, 9.17) is 37.4 Å². The van der Waals surface area contributed by atoms with Crippen molar-refractivity contribution in [3.8, 4) is 17.2 Å². The van der Waals surface area contributed by atoms with Crippen LogP contribution in [0.25, 0.3) is 0 Å². The highest BCUT2D eigenvalue weighted by Crippen LogP contribution is 2.38. The van der Waals surface area contributed by atoms with Gasteiger partial charge in [-0.1, -0.05) is 29.3 Å². The molecular weight excluding hydrogens is 789 g/mol. The molecule has 14 nitrogen and oxygen atoms in total. The maximum Gasteiger partial charge on any atom is 0.387 e. The Morgan fingerprint density at radius 1 is 1.02 bits per heavy atom. The van der Waals surface area contributed by atoms with E-state index in [1.807, 2.05) is 0 Å². The smallest absolute Gasteiger partial charge is 0.387 e. The van der Waals surface area contributed by atoms with Crippen LogP contribution in [0.5, 0.6) is 17.2 Å². The largest absolute Gasteiger partial charge is 0.870 e. The number of halogens is 4. The van der Waals surface area contributed by atoms with E-state index in [9.17, 15) is 31.6 Å². The van der Waals surface area contributed by atoms with Crippen molar-refractivity contribution in [1.29, 1.82) is 0 Å². The van der Waals surface area contributed by atoms with Gasteiger partial charge in [0.15, 0.2) is 23.9 Å². The molecule has 1 atom stereocenters. The molecule has 2 aliphatic rings. The number of rotatable bonds is 16. The third-order valence-electron chi connectivity index (χ3n) is 8.65. The van der Waals surface area contributed by atoms with Gasteiger partial charge in [-0.05, 0) is 60.7 Å². The first-order valence-electron chi connectivity index (χ1n) is 16.4. The van der Waals surface area contributed by atoms with Crippen molar-refractivity contribution >= 4 is 56.7 Å². The lowest BCUT2D eigenvalue weighted by atomic mass is 10.0. The van der Waals surface area contributed by atoms with E-state index in [-0.39, 0.29) is 69.3 Å². The Morgan fingerprint density at radius 3 is 2.38 bits per heavy atom. The van der Waals surface area contributed by atoms with Gasteiger partial charge < -0.3 is 24.4 Å². The maximum atomic E-state index is 13.6. The van der Waals surface area contributed by atoms with Crippen molar-refractivity contribution in [2.45, 2.75) is 38.5 Å². The molecular formula is C36H34Cl2F2N4O10S. The number of aromatic amines is 1. The predicted octanol–water partition coefficient (Wildman–Crippen LogP) is 5.51. The Hall–Kier alpha value is -5.10. The van der Waals surface area contributed by atoms with Crippen molar-refractivity contribution in [2.75, 3.05) is 30.8 Å². The van der Waals surface area contributed by atoms with Crippen LogP contribution in [0.15, 0.2) is 67.1 Å². The molecule has 6 rings (SSSR count). The molecule has 1 saturated carbocycles. The first kappa shape index (κ1) is 41.1. The molecule has 2 aromatic heterocycles. The van der Waals surface area contributed by atoms with E-state index in [2.05, 4.69) is 14.7 Å². The van der Waals surface area contributed by atoms with Crippen LogP contribution < -0.4 is 23.5 Å². The molecule has 0 saturated heterocycles. The number of fused-ring (bicyclic) bond motifs is 1. The molecule has 0 bridgehead atoms. The number of sulfonamides is 1. The molecule has 2 N–H and O–H groups in total. The third kappa shape index (κ3) is 9.77. The van der Waals surface area contributed by atoms with E-state index in [0.717, 1.165) is 23.4 Å². The first-order chi connectivity index (χ1) is 25.7. The Labute approximate surface area is 324 Å². The number of aromatic nitrogens is 2. The molecule has 1 fully saturated rings. The molecule has 292 valence electrons. The summed E-state index contributed by atoms with van der Waals surface area (Å²) in [4.78, 5) is 48.3. The number of amides is 2. The molecule has 4 aromatic rings. The minimum Gasteiger partial charge on any atom is -0.870 e. The fraction of sp³-hybridized carbons (Fsp3) is 0.306. The topological polar surface area (TPSA) is 186 Å². The lowest BCUT2D eigenvalue weighted by Gasteiger charge is -2.22. The third-order valence-corrected chi connectivity index (χ3v) is 10.5. The predicted molar refractivity (Wildman–Crippen MR) is 192 cm³/mol. The fourth-order valence-corrected chi connectivity index (χ4v) is 7.12. The van der Waals surface area contributed by atoms with Crippen LogP contribution in [0.1, 0.15) is 56.5 Å². The van der Waals surface area contributed by atoms with E-state index in [0.29, 0.717) is 27.5 Å². The highest BCUT2D eigenvalue weighted by Gasteiger charge is 2.39. The number of nitrogens with zero attached hydrogens (tertiary/aromatic N) is 3. The zero-order chi connectivity index (χ0) is 38.7. The highest BCUT2D eigenvalue weighted by atomic mass is 35.5. The number of hydrogen-bond donors (Lipinski definition) is 0. The summed E-state index contributed by atoms with van der Waals surface area (Å²) in [6, 6.07) is 11.2. The number of pyridine rings is 2. The van der Waals surface area contributed by atoms with Crippen molar-refractivity contribution in [3.05, 3.63) is 105 Å². The Balaban J connectivity index is 0.00000580. The normalized spacial score (nSPS) is 14.3. The van der Waals surface area contributed by atoms with Gasteiger partial charge in [-0.3, -0.25) is 28.6 Å². The standard InChI is InChI=1S/C36H32Cl2F2N4O9S.H2O/c1-50-24-9-10-42-22(12-24)17-44(54(2,48)49)23-6-7-25-26(13-23)35(47)43(34(25)46)18-33(45)52-31(14-27-28(37)15-41-16-29(27)38)21-5-8-30(53-36(39)40)32(11-21)51-19-20-3-4-20;/h5-13,15-16,20,31,36H,3-4,14,17-19H2,1-2H3;1H2/t31-;/m0./s1. The number of carbonyl (C=O) groups excluding carboxylic acids is 3. The fourth-order valence-electron chi connectivity index (χ4n) is 5.73. The SMILES string of the molecule is COc1ccnc(CN(c2ccc3c(c2)C(=O)N(CC(=O)O[C@@H](Cc2c(Cl)c[nH+]cc2Cl)c2ccc(OC(F)F)c(OCC4CC4)c2)C3=O)S(C)(=O)=O)c1.[OH-]. The van der Waals surface area contributed by atoms with E-state index in [1.54, 1.807) is 12.1 Å². The number of alkyl halides is 2. The number of methoxy groups -OCH3 is 1. The van der Waals surface area contributed by atoms with Crippen molar-refractivity contribution in [3.63, 3.8) is 0 Å². The number of hydrogen-bond acceptors (Lipinski definition) is 11. The lowest BCUT2D eigenvalue weighted by Crippen LogP contribution is -2.36. The number of esters is 1. The quantitative estimate of drug-likeness (QED) is 0.102. The molecule has 1 aliphatic heterocycles. The molecule has 2 amide bonds. The average Bonchev–Trinajstić information content (AvgIpc) is 3.93. The van der Waals surface area contributed by atoms with E-state index < -0.39 is 47.1 Å². The van der Waals surface area contributed by atoms with Gasteiger partial charge in [-0.25, -0.2) is 13.4 Å². The van der Waals surface area contributed by atoms with Crippen LogP contribution >= 0.6 is 23.2 Å². The Morgan fingerprint density at radius 2 is 1.73 bits per heavy atom. The number of imide groups is 1. The maximum absolute atomic E-state index is 13.6. The van der Waals surface area contributed by atoms with Gasteiger partial charge in [-0.2, -0.15) is 8.78 Å². The highest BCUT2D eigenvalue weighted by molar-refractivity contribution is 7.92.